The number of thioether (sulfide) groups is 1. The molecule has 4 aromatic rings. The Hall–Kier alpha value is -3.23. The van der Waals surface area contributed by atoms with Crippen LogP contribution in [0.15, 0.2) is 71.1 Å². The summed E-state index contributed by atoms with van der Waals surface area (Å²) in [4.78, 5) is 28.5. The molecule has 4 rings (SSSR count). The Labute approximate surface area is 179 Å². The Bertz CT molecular complexity index is 1240. The fourth-order valence-electron chi connectivity index (χ4n) is 2.83. The number of anilines is 1. The van der Waals surface area contributed by atoms with E-state index in [0.29, 0.717) is 11.4 Å². The van der Waals surface area contributed by atoms with Crippen LogP contribution >= 0.6 is 23.1 Å². The summed E-state index contributed by atoms with van der Waals surface area (Å²) in [6.45, 7) is 0. The van der Waals surface area contributed by atoms with Crippen molar-refractivity contribution < 1.29 is 19.1 Å². The number of carbonyl (C=O) groups excluding carboxylic acids is 1. The van der Waals surface area contributed by atoms with Crippen molar-refractivity contribution in [3.63, 3.8) is 0 Å². The van der Waals surface area contributed by atoms with E-state index in [2.05, 4.69) is 10.3 Å². The summed E-state index contributed by atoms with van der Waals surface area (Å²) in [5.74, 6) is -1.22. The van der Waals surface area contributed by atoms with E-state index in [-0.39, 0.29) is 16.9 Å². The second-order valence-electron chi connectivity index (χ2n) is 6.38. The molecule has 0 fully saturated rings. The summed E-state index contributed by atoms with van der Waals surface area (Å²) < 4.78 is 14.8. The molecule has 30 heavy (non-hydrogen) atoms. The van der Waals surface area contributed by atoms with Crippen LogP contribution in [0.3, 0.4) is 0 Å². The Kier molecular flexibility index (Phi) is 5.78. The number of rotatable bonds is 6. The van der Waals surface area contributed by atoms with E-state index >= 15 is 0 Å². The molecule has 1 amide bonds. The number of carboxylic acids is 1. The number of nitrogens with one attached hydrogen (secondary N) is 1. The number of aromatic nitrogens is 1. The van der Waals surface area contributed by atoms with Crippen molar-refractivity contribution in [3.8, 4) is 0 Å². The minimum Gasteiger partial charge on any atom is -0.478 e. The fraction of sp³-hybridized carbons (Fsp3) is 0.0455. The van der Waals surface area contributed by atoms with Crippen molar-refractivity contribution in [2.45, 2.75) is 10.1 Å². The lowest BCUT2D eigenvalue weighted by atomic mass is 10.1. The van der Waals surface area contributed by atoms with Gasteiger partial charge in [-0.05, 0) is 48.0 Å². The quantitative estimate of drug-likeness (QED) is 0.379. The second kappa shape index (κ2) is 8.64. The summed E-state index contributed by atoms with van der Waals surface area (Å²) in [7, 11) is 0. The summed E-state index contributed by atoms with van der Waals surface area (Å²) in [5, 5.41) is 12.0. The number of carbonyl (C=O) groups is 2. The predicted octanol–water partition coefficient (Wildman–Crippen LogP) is 5.68. The number of benzene rings is 3. The van der Waals surface area contributed by atoms with Crippen molar-refractivity contribution in [2.24, 2.45) is 0 Å². The van der Waals surface area contributed by atoms with E-state index in [1.54, 1.807) is 42.1 Å². The van der Waals surface area contributed by atoms with Crippen LogP contribution in [0, 0.1) is 5.82 Å². The molecule has 0 saturated carbocycles. The van der Waals surface area contributed by atoms with Crippen molar-refractivity contribution in [3.05, 3.63) is 89.2 Å². The van der Waals surface area contributed by atoms with Crippen LogP contribution < -0.4 is 5.32 Å². The molecule has 0 saturated heterocycles. The van der Waals surface area contributed by atoms with E-state index in [1.807, 2.05) is 12.1 Å². The van der Waals surface area contributed by atoms with E-state index in [1.165, 1.54) is 35.6 Å². The van der Waals surface area contributed by atoms with E-state index < -0.39 is 11.9 Å². The lowest BCUT2D eigenvalue weighted by Crippen LogP contribution is -2.16. The predicted molar refractivity (Wildman–Crippen MR) is 117 cm³/mol. The molecule has 5 nitrogen and oxygen atoms in total. The van der Waals surface area contributed by atoms with Gasteiger partial charge in [-0.15, -0.1) is 11.3 Å². The lowest BCUT2D eigenvalue weighted by molar-refractivity contribution is 0.0692. The molecular formula is C22H15FN2O3S2. The molecule has 0 aliphatic rings. The van der Waals surface area contributed by atoms with Crippen LogP contribution in [0.1, 0.15) is 26.3 Å². The van der Waals surface area contributed by atoms with Crippen LogP contribution in [0.25, 0.3) is 10.2 Å². The van der Waals surface area contributed by atoms with Gasteiger partial charge < -0.3 is 10.4 Å². The second-order valence-corrected chi connectivity index (χ2v) is 8.64. The first-order chi connectivity index (χ1) is 14.5. The largest absolute Gasteiger partial charge is 0.478 e. The number of aromatic carboxylic acids is 1. The van der Waals surface area contributed by atoms with E-state index in [4.69, 9.17) is 0 Å². The number of thiazole rings is 1. The zero-order valence-corrected chi connectivity index (χ0v) is 17.1. The molecule has 0 aliphatic heterocycles. The van der Waals surface area contributed by atoms with Gasteiger partial charge in [0.15, 0.2) is 4.34 Å². The lowest BCUT2D eigenvalue weighted by Gasteiger charge is -2.07. The van der Waals surface area contributed by atoms with Gasteiger partial charge in [0.1, 0.15) is 5.82 Å². The van der Waals surface area contributed by atoms with Crippen molar-refractivity contribution in [1.82, 2.24) is 4.98 Å². The zero-order chi connectivity index (χ0) is 21.1. The molecule has 0 spiro atoms. The highest BCUT2D eigenvalue weighted by atomic mass is 32.2. The van der Waals surface area contributed by atoms with Gasteiger partial charge in [0, 0.05) is 11.4 Å². The highest BCUT2D eigenvalue weighted by molar-refractivity contribution is 8.00. The monoisotopic (exact) mass is 438 g/mol. The topological polar surface area (TPSA) is 79.3 Å². The number of halogens is 1. The summed E-state index contributed by atoms with van der Waals surface area (Å²) in [6.07, 6.45) is 0. The SMILES string of the molecule is O=C(O)c1ccccc1C(=O)Nc1ccc2nc(SCc3ccc(F)cc3)sc2c1. The van der Waals surface area contributed by atoms with Crippen molar-refractivity contribution >= 4 is 50.9 Å². The Morgan fingerprint density at radius 3 is 2.50 bits per heavy atom. The molecular weight excluding hydrogens is 423 g/mol. The first-order valence-corrected chi connectivity index (χ1v) is 10.7. The van der Waals surface area contributed by atoms with Crippen molar-refractivity contribution in [1.29, 1.82) is 0 Å². The summed E-state index contributed by atoms with van der Waals surface area (Å²) in [6, 6.07) is 17.8. The molecule has 3 aromatic carbocycles. The molecule has 8 heteroatoms. The number of hydrogen-bond acceptors (Lipinski definition) is 5. The third kappa shape index (κ3) is 4.50. The number of nitrogens with zero attached hydrogens (tertiary/aromatic N) is 1. The van der Waals surface area contributed by atoms with Crippen LogP contribution in [-0.4, -0.2) is 22.0 Å². The van der Waals surface area contributed by atoms with E-state index in [0.717, 1.165) is 20.1 Å². The van der Waals surface area contributed by atoms with Gasteiger partial charge in [-0.1, -0.05) is 36.0 Å². The fourth-order valence-corrected chi connectivity index (χ4v) is 4.90. The average molecular weight is 439 g/mol. The van der Waals surface area contributed by atoms with Gasteiger partial charge in [-0.25, -0.2) is 14.2 Å². The van der Waals surface area contributed by atoms with Crippen LogP contribution in [0.4, 0.5) is 10.1 Å². The van der Waals surface area contributed by atoms with Crippen LogP contribution in [0.2, 0.25) is 0 Å². The summed E-state index contributed by atoms with van der Waals surface area (Å²) >= 11 is 3.06. The third-order valence-corrected chi connectivity index (χ3v) is 6.54. The maximum Gasteiger partial charge on any atom is 0.336 e. The van der Waals surface area contributed by atoms with Gasteiger partial charge in [-0.3, -0.25) is 4.79 Å². The molecule has 0 unspecified atom stereocenters. The molecule has 0 bridgehead atoms. The highest BCUT2D eigenvalue weighted by Gasteiger charge is 2.16. The molecule has 0 radical (unpaired) electrons. The van der Waals surface area contributed by atoms with Crippen LogP contribution in [0.5, 0.6) is 0 Å². The Balaban J connectivity index is 1.49. The number of carboxylic acid groups (broad SMARTS) is 1. The van der Waals surface area contributed by atoms with E-state index in [9.17, 15) is 19.1 Å². The normalized spacial score (nSPS) is 10.8. The molecule has 0 atom stereocenters. The van der Waals surface area contributed by atoms with Gasteiger partial charge in [-0.2, -0.15) is 0 Å². The Morgan fingerprint density at radius 2 is 1.77 bits per heavy atom. The minimum absolute atomic E-state index is 0.0478. The zero-order valence-electron chi connectivity index (χ0n) is 15.5. The highest BCUT2D eigenvalue weighted by Crippen LogP contribution is 2.33. The van der Waals surface area contributed by atoms with Gasteiger partial charge in [0.25, 0.3) is 5.91 Å². The third-order valence-electron chi connectivity index (χ3n) is 4.30. The smallest absolute Gasteiger partial charge is 0.336 e. The number of amides is 1. The maximum absolute atomic E-state index is 13.0. The van der Waals surface area contributed by atoms with Crippen molar-refractivity contribution in [2.75, 3.05) is 5.32 Å². The molecule has 1 aromatic heterocycles. The molecule has 150 valence electrons. The standard InChI is InChI=1S/C22H15FN2O3S2/c23-14-7-5-13(6-8-14)12-29-22-25-18-10-9-15(11-19(18)30-22)24-20(26)16-3-1-2-4-17(16)21(27)28/h1-11H,12H2,(H,24,26)(H,27,28). The molecule has 1 heterocycles. The number of hydrogen-bond donors (Lipinski definition) is 2. The minimum atomic E-state index is -1.15. The maximum atomic E-state index is 13.0. The Morgan fingerprint density at radius 1 is 1.03 bits per heavy atom. The van der Waals surface area contributed by atoms with Gasteiger partial charge >= 0.3 is 5.97 Å². The van der Waals surface area contributed by atoms with Gasteiger partial charge in [0.2, 0.25) is 0 Å². The number of fused-ring (bicyclic) bond motifs is 1. The van der Waals surface area contributed by atoms with Crippen LogP contribution in [-0.2, 0) is 5.75 Å². The average Bonchev–Trinajstić information content (AvgIpc) is 3.15. The first-order valence-electron chi connectivity index (χ1n) is 8.91. The molecule has 2 N–H and O–H groups in total. The molecule has 0 aliphatic carbocycles. The summed E-state index contributed by atoms with van der Waals surface area (Å²) in [5.41, 5.74) is 2.43. The van der Waals surface area contributed by atoms with Gasteiger partial charge in [0.05, 0.1) is 21.3 Å². The first kappa shape index (κ1) is 20.1.